The van der Waals surface area contributed by atoms with Crippen molar-refractivity contribution in [1.82, 2.24) is 4.90 Å². The third kappa shape index (κ3) is 3.76. The second-order valence-electron chi connectivity index (χ2n) is 5.44. The lowest BCUT2D eigenvalue weighted by atomic mass is 9.93. The number of hydrogen-bond acceptors (Lipinski definition) is 1. The molecular weight excluding hydrogens is 338 g/mol. The SMILES string of the molecule is Cc1ccc(Cl)cc1C(=O)N(CCBr)C1CCCCC1. The summed E-state index contributed by atoms with van der Waals surface area (Å²) in [6, 6.07) is 5.93. The zero-order valence-corrected chi connectivity index (χ0v) is 14.2. The molecule has 0 spiro atoms. The Morgan fingerprint density at radius 2 is 2.05 bits per heavy atom. The molecule has 2 rings (SSSR count). The summed E-state index contributed by atoms with van der Waals surface area (Å²) in [5.41, 5.74) is 1.74. The molecule has 2 nitrogen and oxygen atoms in total. The van der Waals surface area contributed by atoms with E-state index in [1.165, 1.54) is 19.3 Å². The number of amides is 1. The lowest BCUT2D eigenvalue weighted by molar-refractivity contribution is 0.0650. The van der Waals surface area contributed by atoms with Crippen molar-refractivity contribution in [3.8, 4) is 0 Å². The first-order valence-electron chi connectivity index (χ1n) is 7.26. The quantitative estimate of drug-likeness (QED) is 0.707. The van der Waals surface area contributed by atoms with Crippen LogP contribution in [0.4, 0.5) is 0 Å². The Balaban J connectivity index is 2.23. The number of carbonyl (C=O) groups is 1. The second-order valence-corrected chi connectivity index (χ2v) is 6.67. The van der Waals surface area contributed by atoms with Crippen LogP contribution in [0.1, 0.15) is 48.0 Å². The largest absolute Gasteiger partial charge is 0.335 e. The lowest BCUT2D eigenvalue weighted by Gasteiger charge is -2.34. The van der Waals surface area contributed by atoms with E-state index in [0.717, 1.165) is 35.8 Å². The zero-order chi connectivity index (χ0) is 14.5. The number of nitrogens with zero attached hydrogens (tertiary/aromatic N) is 1. The van der Waals surface area contributed by atoms with E-state index in [9.17, 15) is 4.79 Å². The van der Waals surface area contributed by atoms with Gasteiger partial charge >= 0.3 is 0 Å². The molecule has 20 heavy (non-hydrogen) atoms. The monoisotopic (exact) mass is 357 g/mol. The summed E-state index contributed by atoms with van der Waals surface area (Å²) in [4.78, 5) is 14.9. The lowest BCUT2D eigenvalue weighted by Crippen LogP contribution is -2.42. The number of halogens is 2. The maximum absolute atomic E-state index is 12.9. The van der Waals surface area contributed by atoms with Crippen LogP contribution >= 0.6 is 27.5 Å². The minimum Gasteiger partial charge on any atom is -0.335 e. The van der Waals surface area contributed by atoms with Crippen molar-refractivity contribution in [2.75, 3.05) is 11.9 Å². The second kappa shape index (κ2) is 7.46. The van der Waals surface area contributed by atoms with Gasteiger partial charge in [0.1, 0.15) is 0 Å². The summed E-state index contributed by atoms with van der Waals surface area (Å²) >= 11 is 9.52. The fourth-order valence-corrected chi connectivity index (χ4v) is 3.47. The molecule has 0 heterocycles. The average molecular weight is 359 g/mol. The standard InChI is InChI=1S/C16H21BrClNO/c1-12-7-8-13(18)11-15(12)16(20)19(10-9-17)14-5-3-2-4-6-14/h7-8,11,14H,2-6,9-10H2,1H3. The molecule has 1 aliphatic rings. The van der Waals surface area contributed by atoms with Crippen molar-refractivity contribution in [1.29, 1.82) is 0 Å². The summed E-state index contributed by atoms with van der Waals surface area (Å²) in [5.74, 6) is 0.122. The summed E-state index contributed by atoms with van der Waals surface area (Å²) in [7, 11) is 0. The molecular formula is C16H21BrClNO. The van der Waals surface area contributed by atoms with Gasteiger partial charge in [-0.05, 0) is 37.5 Å². The van der Waals surface area contributed by atoms with E-state index in [0.29, 0.717) is 11.1 Å². The van der Waals surface area contributed by atoms with Crippen LogP contribution in [0.2, 0.25) is 5.02 Å². The molecule has 0 unspecified atom stereocenters. The van der Waals surface area contributed by atoms with E-state index in [4.69, 9.17) is 11.6 Å². The first-order valence-corrected chi connectivity index (χ1v) is 8.76. The number of alkyl halides is 1. The van der Waals surface area contributed by atoms with E-state index in [2.05, 4.69) is 15.9 Å². The highest BCUT2D eigenvalue weighted by Gasteiger charge is 2.26. The topological polar surface area (TPSA) is 20.3 Å². The summed E-state index contributed by atoms with van der Waals surface area (Å²) < 4.78 is 0. The molecule has 0 aliphatic heterocycles. The summed E-state index contributed by atoms with van der Waals surface area (Å²) in [6.45, 7) is 2.73. The van der Waals surface area contributed by atoms with Crippen molar-refractivity contribution in [3.63, 3.8) is 0 Å². The molecule has 0 bridgehead atoms. The zero-order valence-electron chi connectivity index (χ0n) is 11.9. The Bertz CT molecular complexity index is 472. The van der Waals surface area contributed by atoms with Gasteiger partial charge in [-0.15, -0.1) is 0 Å². The van der Waals surface area contributed by atoms with E-state index in [1.807, 2.05) is 24.0 Å². The highest BCUT2D eigenvalue weighted by atomic mass is 79.9. The highest BCUT2D eigenvalue weighted by Crippen LogP contribution is 2.25. The van der Waals surface area contributed by atoms with Crippen LogP contribution in [-0.4, -0.2) is 28.7 Å². The van der Waals surface area contributed by atoms with Crippen molar-refractivity contribution in [3.05, 3.63) is 34.3 Å². The molecule has 0 N–H and O–H groups in total. The van der Waals surface area contributed by atoms with E-state index < -0.39 is 0 Å². The molecule has 1 fully saturated rings. The van der Waals surface area contributed by atoms with Crippen molar-refractivity contribution >= 4 is 33.4 Å². The molecule has 1 aromatic carbocycles. The Labute approximate surface area is 134 Å². The van der Waals surface area contributed by atoms with Gasteiger partial charge in [0.05, 0.1) is 0 Å². The smallest absolute Gasteiger partial charge is 0.254 e. The first kappa shape index (κ1) is 15.8. The maximum atomic E-state index is 12.9. The minimum atomic E-state index is 0.122. The van der Waals surface area contributed by atoms with Crippen LogP contribution in [0, 0.1) is 6.92 Å². The van der Waals surface area contributed by atoms with Crippen LogP contribution in [0.25, 0.3) is 0 Å². The van der Waals surface area contributed by atoms with Crippen LogP contribution in [0.3, 0.4) is 0 Å². The Hall–Kier alpha value is -0.540. The number of benzene rings is 1. The van der Waals surface area contributed by atoms with Gasteiger partial charge in [0.15, 0.2) is 0 Å². The molecule has 4 heteroatoms. The summed E-state index contributed by atoms with van der Waals surface area (Å²) in [5, 5.41) is 1.44. The molecule has 1 saturated carbocycles. The van der Waals surface area contributed by atoms with Gasteiger partial charge in [0.25, 0.3) is 5.91 Å². The first-order chi connectivity index (χ1) is 9.63. The predicted molar refractivity (Wildman–Crippen MR) is 87.9 cm³/mol. The van der Waals surface area contributed by atoms with E-state index in [1.54, 1.807) is 6.07 Å². The fourth-order valence-electron chi connectivity index (χ4n) is 2.91. The van der Waals surface area contributed by atoms with Gasteiger partial charge in [0, 0.05) is 28.5 Å². The third-order valence-corrected chi connectivity index (χ3v) is 4.62. The number of rotatable bonds is 4. The van der Waals surface area contributed by atoms with Crippen LogP contribution < -0.4 is 0 Å². The highest BCUT2D eigenvalue weighted by molar-refractivity contribution is 9.09. The molecule has 1 aliphatic carbocycles. The van der Waals surface area contributed by atoms with Gasteiger partial charge < -0.3 is 4.90 Å². The van der Waals surface area contributed by atoms with Crippen molar-refractivity contribution in [2.24, 2.45) is 0 Å². The van der Waals surface area contributed by atoms with Crippen LogP contribution in [-0.2, 0) is 0 Å². The maximum Gasteiger partial charge on any atom is 0.254 e. The minimum absolute atomic E-state index is 0.122. The third-order valence-electron chi connectivity index (χ3n) is 4.03. The number of carbonyl (C=O) groups excluding carboxylic acids is 1. The van der Waals surface area contributed by atoms with Crippen molar-refractivity contribution in [2.45, 2.75) is 45.1 Å². The van der Waals surface area contributed by atoms with Gasteiger partial charge in [-0.1, -0.05) is 52.9 Å². The molecule has 110 valence electrons. The fraction of sp³-hybridized carbons (Fsp3) is 0.562. The van der Waals surface area contributed by atoms with Gasteiger partial charge in [-0.3, -0.25) is 4.79 Å². The van der Waals surface area contributed by atoms with Crippen LogP contribution in [0.15, 0.2) is 18.2 Å². The van der Waals surface area contributed by atoms with E-state index >= 15 is 0 Å². The molecule has 1 amide bonds. The normalized spacial score (nSPS) is 16.1. The van der Waals surface area contributed by atoms with Gasteiger partial charge in [-0.2, -0.15) is 0 Å². The van der Waals surface area contributed by atoms with Crippen molar-refractivity contribution < 1.29 is 4.79 Å². The number of hydrogen-bond donors (Lipinski definition) is 0. The average Bonchev–Trinajstić information content (AvgIpc) is 2.47. The number of aryl methyl sites for hydroxylation is 1. The van der Waals surface area contributed by atoms with Gasteiger partial charge in [-0.25, -0.2) is 0 Å². The van der Waals surface area contributed by atoms with E-state index in [-0.39, 0.29) is 5.91 Å². The molecule has 0 aromatic heterocycles. The molecule has 0 radical (unpaired) electrons. The Kier molecular flexibility index (Phi) is 5.91. The van der Waals surface area contributed by atoms with Crippen LogP contribution in [0.5, 0.6) is 0 Å². The molecule has 0 atom stereocenters. The molecule has 1 aromatic rings. The van der Waals surface area contributed by atoms with Gasteiger partial charge in [0.2, 0.25) is 0 Å². The Morgan fingerprint density at radius 3 is 2.70 bits per heavy atom. The molecule has 0 saturated heterocycles. The summed E-state index contributed by atoms with van der Waals surface area (Å²) in [6.07, 6.45) is 6.00. The predicted octanol–water partition coefficient (Wildman–Crippen LogP) is 4.82. The Morgan fingerprint density at radius 1 is 1.35 bits per heavy atom.